The van der Waals surface area contributed by atoms with Gasteiger partial charge in [-0.15, -0.1) is 11.8 Å². The Labute approximate surface area is 117 Å². The minimum Gasteiger partial charge on any atom is -0.353 e. The molecule has 0 aliphatic carbocycles. The second-order valence-corrected chi connectivity index (χ2v) is 5.53. The van der Waals surface area contributed by atoms with Gasteiger partial charge in [-0.05, 0) is 37.8 Å². The highest BCUT2D eigenvalue weighted by Crippen LogP contribution is 2.21. The molecule has 0 aromatic heterocycles. The van der Waals surface area contributed by atoms with E-state index in [-0.39, 0.29) is 11.8 Å². The minimum atomic E-state index is -0.404. The number of hydrogen-bond donors (Lipinski definition) is 1. The zero-order valence-corrected chi connectivity index (χ0v) is 12.2. The lowest BCUT2D eigenvalue weighted by molar-refractivity contribution is -0.127. The summed E-state index contributed by atoms with van der Waals surface area (Å²) in [6.45, 7) is 4.77. The van der Waals surface area contributed by atoms with E-state index >= 15 is 0 Å². The molecule has 1 aliphatic rings. The molecule has 2 amide bonds. The molecule has 1 aromatic rings. The molecule has 1 saturated heterocycles. The van der Waals surface area contributed by atoms with Crippen molar-refractivity contribution in [2.45, 2.75) is 24.8 Å². The normalized spacial score (nSPS) is 19.2. The molecule has 2 rings (SSSR count). The Morgan fingerprint density at radius 3 is 2.89 bits per heavy atom. The van der Waals surface area contributed by atoms with E-state index in [2.05, 4.69) is 5.32 Å². The number of carbonyl (C=O) groups excluding carboxylic acids is 2. The van der Waals surface area contributed by atoms with Crippen LogP contribution in [-0.4, -0.2) is 42.1 Å². The smallest absolute Gasteiger partial charge is 0.254 e. The Balaban J connectivity index is 2.30. The average molecular weight is 278 g/mol. The molecule has 0 bridgehead atoms. The SMILES string of the molecule is CSc1ccc(C)c(C(=O)N2CCNC(=O)C2C)c1. The van der Waals surface area contributed by atoms with Crippen LogP contribution in [0, 0.1) is 6.92 Å². The molecular formula is C14H18N2O2S. The lowest BCUT2D eigenvalue weighted by atomic mass is 10.1. The predicted molar refractivity (Wildman–Crippen MR) is 76.5 cm³/mol. The number of amides is 2. The summed E-state index contributed by atoms with van der Waals surface area (Å²) in [5.74, 6) is -0.144. The average Bonchev–Trinajstić information content (AvgIpc) is 2.42. The summed E-state index contributed by atoms with van der Waals surface area (Å²) in [6.07, 6.45) is 1.98. The van der Waals surface area contributed by atoms with Crippen LogP contribution in [0.2, 0.25) is 0 Å². The number of rotatable bonds is 2. The van der Waals surface area contributed by atoms with Gasteiger partial charge >= 0.3 is 0 Å². The number of piperazine rings is 1. The van der Waals surface area contributed by atoms with Crippen LogP contribution in [0.3, 0.4) is 0 Å². The van der Waals surface area contributed by atoms with Gasteiger partial charge in [0.1, 0.15) is 6.04 Å². The van der Waals surface area contributed by atoms with Crippen molar-refractivity contribution in [2.75, 3.05) is 19.3 Å². The lowest BCUT2D eigenvalue weighted by Crippen LogP contribution is -2.55. The molecule has 0 spiro atoms. The molecular weight excluding hydrogens is 260 g/mol. The van der Waals surface area contributed by atoms with Gasteiger partial charge < -0.3 is 10.2 Å². The first kappa shape index (κ1) is 13.9. The largest absolute Gasteiger partial charge is 0.353 e. The molecule has 19 heavy (non-hydrogen) atoms. The van der Waals surface area contributed by atoms with Crippen LogP contribution in [-0.2, 0) is 4.79 Å². The summed E-state index contributed by atoms with van der Waals surface area (Å²) in [5.41, 5.74) is 1.63. The Kier molecular flexibility index (Phi) is 4.14. The second kappa shape index (κ2) is 5.65. The molecule has 1 N–H and O–H groups in total. The number of hydrogen-bond acceptors (Lipinski definition) is 3. The van der Waals surface area contributed by atoms with Crippen molar-refractivity contribution < 1.29 is 9.59 Å². The summed E-state index contributed by atoms with van der Waals surface area (Å²) in [4.78, 5) is 26.9. The molecule has 1 aromatic carbocycles. The van der Waals surface area contributed by atoms with Crippen molar-refractivity contribution in [3.05, 3.63) is 29.3 Å². The van der Waals surface area contributed by atoms with Crippen molar-refractivity contribution in [3.8, 4) is 0 Å². The standard InChI is InChI=1S/C14H18N2O2S/c1-9-4-5-11(19-3)8-12(9)14(18)16-7-6-15-13(17)10(16)2/h4-5,8,10H,6-7H2,1-3H3,(H,15,17). The van der Waals surface area contributed by atoms with E-state index in [1.165, 1.54) is 0 Å². The van der Waals surface area contributed by atoms with Crippen LogP contribution < -0.4 is 5.32 Å². The number of nitrogens with one attached hydrogen (secondary N) is 1. The van der Waals surface area contributed by atoms with Crippen molar-refractivity contribution in [1.82, 2.24) is 10.2 Å². The van der Waals surface area contributed by atoms with Crippen molar-refractivity contribution in [3.63, 3.8) is 0 Å². The zero-order chi connectivity index (χ0) is 14.0. The third-order valence-corrected chi connectivity index (χ3v) is 4.16. The monoisotopic (exact) mass is 278 g/mol. The first-order chi connectivity index (χ1) is 9.04. The minimum absolute atomic E-state index is 0.0595. The molecule has 102 valence electrons. The number of benzene rings is 1. The predicted octanol–water partition coefficient (Wildman–Crippen LogP) is 1.68. The Hall–Kier alpha value is -1.49. The quantitative estimate of drug-likeness (QED) is 0.837. The number of aryl methyl sites for hydroxylation is 1. The van der Waals surface area contributed by atoms with E-state index in [4.69, 9.17) is 0 Å². The second-order valence-electron chi connectivity index (χ2n) is 4.65. The summed E-state index contributed by atoms with van der Waals surface area (Å²) in [5, 5.41) is 2.77. The highest BCUT2D eigenvalue weighted by Gasteiger charge is 2.30. The number of carbonyl (C=O) groups is 2. The van der Waals surface area contributed by atoms with Gasteiger partial charge in [0, 0.05) is 23.5 Å². The van der Waals surface area contributed by atoms with E-state index in [9.17, 15) is 9.59 Å². The molecule has 1 atom stereocenters. The summed E-state index contributed by atoms with van der Waals surface area (Å²) in [7, 11) is 0. The van der Waals surface area contributed by atoms with Crippen LogP contribution in [0.15, 0.2) is 23.1 Å². The highest BCUT2D eigenvalue weighted by molar-refractivity contribution is 7.98. The number of nitrogens with zero attached hydrogens (tertiary/aromatic N) is 1. The molecule has 1 fully saturated rings. The van der Waals surface area contributed by atoms with Crippen LogP contribution in [0.4, 0.5) is 0 Å². The van der Waals surface area contributed by atoms with Crippen LogP contribution in [0.1, 0.15) is 22.8 Å². The molecule has 0 saturated carbocycles. The Morgan fingerprint density at radius 2 is 2.21 bits per heavy atom. The van der Waals surface area contributed by atoms with E-state index < -0.39 is 6.04 Å². The maximum absolute atomic E-state index is 12.6. The van der Waals surface area contributed by atoms with Gasteiger partial charge in [0.2, 0.25) is 5.91 Å². The molecule has 1 heterocycles. The van der Waals surface area contributed by atoms with Crippen molar-refractivity contribution >= 4 is 23.6 Å². The summed E-state index contributed by atoms with van der Waals surface area (Å²) < 4.78 is 0. The van der Waals surface area contributed by atoms with E-state index in [0.29, 0.717) is 18.7 Å². The molecule has 0 radical (unpaired) electrons. The van der Waals surface area contributed by atoms with Gasteiger partial charge in [0.15, 0.2) is 0 Å². The lowest BCUT2D eigenvalue weighted by Gasteiger charge is -2.33. The van der Waals surface area contributed by atoms with E-state index in [1.807, 2.05) is 31.4 Å². The molecule has 4 nitrogen and oxygen atoms in total. The van der Waals surface area contributed by atoms with E-state index in [1.54, 1.807) is 23.6 Å². The first-order valence-electron chi connectivity index (χ1n) is 6.28. The maximum atomic E-state index is 12.6. The van der Waals surface area contributed by atoms with E-state index in [0.717, 1.165) is 10.5 Å². The van der Waals surface area contributed by atoms with Gasteiger partial charge in [-0.1, -0.05) is 6.07 Å². The Bertz CT molecular complexity index is 516. The van der Waals surface area contributed by atoms with Crippen LogP contribution in [0.25, 0.3) is 0 Å². The molecule has 5 heteroatoms. The van der Waals surface area contributed by atoms with Crippen LogP contribution in [0.5, 0.6) is 0 Å². The van der Waals surface area contributed by atoms with Gasteiger partial charge in [-0.3, -0.25) is 9.59 Å². The van der Waals surface area contributed by atoms with Crippen molar-refractivity contribution in [2.24, 2.45) is 0 Å². The highest BCUT2D eigenvalue weighted by atomic mass is 32.2. The fraction of sp³-hybridized carbons (Fsp3) is 0.429. The van der Waals surface area contributed by atoms with Crippen LogP contribution >= 0.6 is 11.8 Å². The molecule has 1 unspecified atom stereocenters. The van der Waals surface area contributed by atoms with Gasteiger partial charge in [-0.25, -0.2) is 0 Å². The topological polar surface area (TPSA) is 49.4 Å². The fourth-order valence-corrected chi connectivity index (χ4v) is 2.61. The summed E-state index contributed by atoms with van der Waals surface area (Å²) >= 11 is 1.61. The fourth-order valence-electron chi connectivity index (χ4n) is 2.17. The third kappa shape index (κ3) is 2.76. The van der Waals surface area contributed by atoms with Crippen molar-refractivity contribution in [1.29, 1.82) is 0 Å². The number of thioether (sulfide) groups is 1. The first-order valence-corrected chi connectivity index (χ1v) is 7.50. The summed E-state index contributed by atoms with van der Waals surface area (Å²) in [6, 6.07) is 5.46. The third-order valence-electron chi connectivity index (χ3n) is 3.43. The van der Waals surface area contributed by atoms with Gasteiger partial charge in [0.05, 0.1) is 0 Å². The van der Waals surface area contributed by atoms with Gasteiger partial charge in [0.25, 0.3) is 5.91 Å². The van der Waals surface area contributed by atoms with Gasteiger partial charge in [-0.2, -0.15) is 0 Å². The maximum Gasteiger partial charge on any atom is 0.254 e. The zero-order valence-electron chi connectivity index (χ0n) is 11.4. The Morgan fingerprint density at radius 1 is 1.47 bits per heavy atom. The molecule has 1 aliphatic heterocycles.